The van der Waals surface area contributed by atoms with Gasteiger partial charge >= 0.3 is 0 Å². The molecule has 0 aromatic heterocycles. The number of hydrogen-bond acceptors (Lipinski definition) is 4. The number of amides is 2. The van der Waals surface area contributed by atoms with Crippen LogP contribution in [0.2, 0.25) is 0 Å². The quantitative estimate of drug-likeness (QED) is 0.666. The number of para-hydroxylation sites is 1. The van der Waals surface area contributed by atoms with Gasteiger partial charge in [0, 0.05) is 11.6 Å². The van der Waals surface area contributed by atoms with E-state index in [9.17, 15) is 9.59 Å². The summed E-state index contributed by atoms with van der Waals surface area (Å²) in [5.74, 6) is 0.457. The third-order valence-corrected chi connectivity index (χ3v) is 5.18. The summed E-state index contributed by atoms with van der Waals surface area (Å²) in [5.41, 5.74) is 1.86. The number of carbonyl (C=O) groups excluding carboxylic acids is 2. The van der Waals surface area contributed by atoms with Gasteiger partial charge in [0.1, 0.15) is 12.4 Å². The largest absolute Gasteiger partial charge is 0.488 e. The zero-order chi connectivity index (χ0) is 18.5. The SMILES string of the molecule is CC[C@H](C)N1C(=O)S/C(=C/c2ccccc2OCc2ccccc2)C1=O. The van der Waals surface area contributed by atoms with Crippen molar-refractivity contribution in [3.63, 3.8) is 0 Å². The summed E-state index contributed by atoms with van der Waals surface area (Å²) in [6, 6.07) is 17.3. The predicted octanol–water partition coefficient (Wildman–Crippen LogP) is 5.10. The van der Waals surface area contributed by atoms with Crippen molar-refractivity contribution in [3.8, 4) is 5.75 Å². The maximum atomic E-state index is 12.6. The summed E-state index contributed by atoms with van der Waals surface area (Å²) in [6.45, 7) is 4.29. The number of nitrogens with zero attached hydrogens (tertiary/aromatic N) is 1. The third-order valence-electron chi connectivity index (χ3n) is 4.30. The van der Waals surface area contributed by atoms with Gasteiger partial charge in [0.2, 0.25) is 0 Å². The van der Waals surface area contributed by atoms with E-state index >= 15 is 0 Å². The number of ether oxygens (including phenoxy) is 1. The normalized spacial score (nSPS) is 17.0. The fourth-order valence-corrected chi connectivity index (χ4v) is 3.57. The van der Waals surface area contributed by atoms with Crippen molar-refractivity contribution in [2.45, 2.75) is 32.9 Å². The summed E-state index contributed by atoms with van der Waals surface area (Å²) in [5, 5.41) is -0.210. The molecule has 0 spiro atoms. The van der Waals surface area contributed by atoms with Crippen LogP contribution < -0.4 is 4.74 Å². The summed E-state index contributed by atoms with van der Waals surface area (Å²) in [6.07, 6.45) is 2.48. The Morgan fingerprint density at radius 2 is 1.77 bits per heavy atom. The molecule has 0 bridgehead atoms. The number of imide groups is 1. The van der Waals surface area contributed by atoms with E-state index in [-0.39, 0.29) is 17.2 Å². The van der Waals surface area contributed by atoms with E-state index in [1.165, 1.54) is 4.90 Å². The Labute approximate surface area is 157 Å². The molecule has 134 valence electrons. The molecule has 1 saturated heterocycles. The summed E-state index contributed by atoms with van der Waals surface area (Å²) < 4.78 is 5.93. The van der Waals surface area contributed by atoms with Crippen molar-refractivity contribution >= 4 is 29.0 Å². The zero-order valence-corrected chi connectivity index (χ0v) is 15.7. The van der Waals surface area contributed by atoms with Gasteiger partial charge in [-0.1, -0.05) is 55.5 Å². The highest BCUT2D eigenvalue weighted by Gasteiger charge is 2.37. The lowest BCUT2D eigenvalue weighted by Crippen LogP contribution is -2.36. The predicted molar refractivity (Wildman–Crippen MR) is 105 cm³/mol. The lowest BCUT2D eigenvalue weighted by molar-refractivity contribution is -0.124. The van der Waals surface area contributed by atoms with E-state index in [2.05, 4.69) is 0 Å². The van der Waals surface area contributed by atoms with Gasteiger partial charge in [-0.3, -0.25) is 14.5 Å². The number of carbonyl (C=O) groups is 2. The molecular formula is C21H21NO3S. The van der Waals surface area contributed by atoms with Crippen molar-refractivity contribution in [2.24, 2.45) is 0 Å². The van der Waals surface area contributed by atoms with Crippen LogP contribution in [-0.2, 0) is 11.4 Å². The lowest BCUT2D eigenvalue weighted by atomic mass is 10.1. The van der Waals surface area contributed by atoms with Gasteiger partial charge < -0.3 is 4.74 Å². The average Bonchev–Trinajstić information content (AvgIpc) is 2.94. The topological polar surface area (TPSA) is 46.6 Å². The van der Waals surface area contributed by atoms with Crippen LogP contribution in [0.5, 0.6) is 5.75 Å². The van der Waals surface area contributed by atoms with Crippen LogP contribution in [0.1, 0.15) is 31.4 Å². The maximum Gasteiger partial charge on any atom is 0.293 e. The Morgan fingerprint density at radius 3 is 2.50 bits per heavy atom. The molecule has 1 fully saturated rings. The van der Waals surface area contributed by atoms with Crippen molar-refractivity contribution < 1.29 is 14.3 Å². The summed E-state index contributed by atoms with van der Waals surface area (Å²) in [4.78, 5) is 26.5. The second-order valence-corrected chi connectivity index (χ2v) is 7.11. The molecule has 0 saturated carbocycles. The van der Waals surface area contributed by atoms with Gasteiger partial charge in [-0.05, 0) is 42.8 Å². The van der Waals surface area contributed by atoms with Gasteiger partial charge in [0.25, 0.3) is 11.1 Å². The number of rotatable bonds is 6. The van der Waals surface area contributed by atoms with Gasteiger partial charge in [-0.2, -0.15) is 0 Å². The smallest absolute Gasteiger partial charge is 0.293 e. The first kappa shape index (κ1) is 18.3. The van der Waals surface area contributed by atoms with Gasteiger partial charge in [0.05, 0.1) is 4.91 Å². The fourth-order valence-electron chi connectivity index (χ4n) is 2.65. The summed E-state index contributed by atoms with van der Waals surface area (Å²) in [7, 11) is 0. The molecule has 2 amide bonds. The average molecular weight is 367 g/mol. The standard InChI is InChI=1S/C21H21NO3S/c1-3-15(2)22-20(23)19(26-21(22)24)13-17-11-7-8-12-18(17)25-14-16-9-5-4-6-10-16/h4-13,15H,3,14H2,1-2H3/b19-13+/t15-/m0/s1. The molecule has 1 heterocycles. The maximum absolute atomic E-state index is 12.6. The van der Waals surface area contributed by atoms with Gasteiger partial charge in [-0.15, -0.1) is 0 Å². The molecule has 2 aromatic carbocycles. The van der Waals surface area contributed by atoms with E-state index < -0.39 is 0 Å². The Morgan fingerprint density at radius 1 is 1.08 bits per heavy atom. The molecule has 0 radical (unpaired) electrons. The molecule has 0 N–H and O–H groups in total. The second-order valence-electron chi connectivity index (χ2n) is 6.12. The van der Waals surface area contributed by atoms with Crippen molar-refractivity contribution in [3.05, 3.63) is 70.6 Å². The highest BCUT2D eigenvalue weighted by molar-refractivity contribution is 8.18. The molecule has 26 heavy (non-hydrogen) atoms. The first-order valence-corrected chi connectivity index (χ1v) is 9.44. The molecular weight excluding hydrogens is 346 g/mol. The molecule has 4 nitrogen and oxygen atoms in total. The third kappa shape index (κ3) is 3.99. The molecule has 3 rings (SSSR count). The minimum absolute atomic E-state index is 0.0991. The first-order valence-electron chi connectivity index (χ1n) is 8.63. The minimum atomic E-state index is -0.229. The van der Waals surface area contributed by atoms with Gasteiger partial charge in [-0.25, -0.2) is 0 Å². The molecule has 1 aliphatic heterocycles. The van der Waals surface area contributed by atoms with Crippen LogP contribution in [0.3, 0.4) is 0 Å². The Bertz CT molecular complexity index is 832. The number of thioether (sulfide) groups is 1. The molecule has 0 unspecified atom stereocenters. The molecule has 0 aliphatic carbocycles. The highest BCUT2D eigenvalue weighted by atomic mass is 32.2. The van der Waals surface area contributed by atoms with Crippen LogP contribution in [0, 0.1) is 0 Å². The van der Waals surface area contributed by atoms with E-state index in [1.807, 2.05) is 68.4 Å². The molecule has 1 aliphatic rings. The Balaban J connectivity index is 1.81. The van der Waals surface area contributed by atoms with E-state index in [1.54, 1.807) is 6.08 Å². The number of benzene rings is 2. The zero-order valence-electron chi connectivity index (χ0n) is 14.8. The lowest BCUT2D eigenvalue weighted by Gasteiger charge is -2.19. The minimum Gasteiger partial charge on any atom is -0.488 e. The van der Waals surface area contributed by atoms with Crippen molar-refractivity contribution in [1.82, 2.24) is 4.90 Å². The van der Waals surface area contributed by atoms with Crippen molar-refractivity contribution in [2.75, 3.05) is 0 Å². The van der Waals surface area contributed by atoms with E-state index in [0.717, 1.165) is 29.3 Å². The Hall–Kier alpha value is -2.53. The number of hydrogen-bond donors (Lipinski definition) is 0. The van der Waals surface area contributed by atoms with Crippen molar-refractivity contribution in [1.29, 1.82) is 0 Å². The molecule has 1 atom stereocenters. The van der Waals surface area contributed by atoms with Crippen LogP contribution in [0.4, 0.5) is 4.79 Å². The van der Waals surface area contributed by atoms with Crippen LogP contribution >= 0.6 is 11.8 Å². The van der Waals surface area contributed by atoms with Crippen LogP contribution in [0.25, 0.3) is 6.08 Å². The molecule has 5 heteroatoms. The van der Waals surface area contributed by atoms with E-state index in [0.29, 0.717) is 17.3 Å². The monoisotopic (exact) mass is 367 g/mol. The van der Waals surface area contributed by atoms with Crippen LogP contribution in [-0.4, -0.2) is 22.1 Å². The van der Waals surface area contributed by atoms with Gasteiger partial charge in [0.15, 0.2) is 0 Å². The molecule has 2 aromatic rings. The second kappa shape index (κ2) is 8.23. The fraction of sp³-hybridized carbons (Fsp3) is 0.238. The first-order chi connectivity index (χ1) is 12.6. The van der Waals surface area contributed by atoms with E-state index in [4.69, 9.17) is 4.74 Å². The van der Waals surface area contributed by atoms with Crippen LogP contribution in [0.15, 0.2) is 59.5 Å². The summed E-state index contributed by atoms with van der Waals surface area (Å²) >= 11 is 0.986. The highest BCUT2D eigenvalue weighted by Crippen LogP contribution is 2.35. The Kier molecular flexibility index (Phi) is 5.78.